The zero-order valence-corrected chi connectivity index (χ0v) is 16.8. The zero-order chi connectivity index (χ0) is 21.5. The maximum atomic E-state index is 14.7. The lowest BCUT2D eigenvalue weighted by molar-refractivity contribution is 0.0696. The Labute approximate surface area is 172 Å². The van der Waals surface area contributed by atoms with Crippen LogP contribution in [0.15, 0.2) is 29.2 Å². The molecule has 0 bridgehead atoms. The number of ether oxygens (including phenoxy) is 1. The molecule has 30 heavy (non-hydrogen) atoms. The molecule has 0 atom stereocenters. The van der Waals surface area contributed by atoms with E-state index in [1.165, 1.54) is 6.07 Å². The summed E-state index contributed by atoms with van der Waals surface area (Å²) in [6.45, 7) is 1.58. The van der Waals surface area contributed by atoms with Crippen LogP contribution in [-0.2, 0) is 27.6 Å². The van der Waals surface area contributed by atoms with E-state index in [4.69, 9.17) is 4.74 Å². The van der Waals surface area contributed by atoms with E-state index < -0.39 is 33.3 Å². The molecule has 1 saturated heterocycles. The Morgan fingerprint density at radius 3 is 2.50 bits per heavy atom. The van der Waals surface area contributed by atoms with E-state index in [0.717, 1.165) is 18.2 Å². The van der Waals surface area contributed by atoms with Gasteiger partial charge in [-0.2, -0.15) is 0 Å². The zero-order valence-electron chi connectivity index (χ0n) is 16.0. The van der Waals surface area contributed by atoms with E-state index in [2.05, 4.69) is 4.72 Å². The highest BCUT2D eigenvalue weighted by Gasteiger charge is 2.28. The standard InChI is InChI=1S/C20H20F2N2O5S/c21-15-11-18(24-4-6-29-7-5-24)16(22)10-17(15)23-30(27,28)19-9-13(20(25)26)8-12-2-1-3-14(12)19/h8-11,23H,1-7H2,(H,25,26). The first kappa shape index (κ1) is 20.5. The van der Waals surface area contributed by atoms with E-state index in [-0.39, 0.29) is 16.1 Å². The summed E-state index contributed by atoms with van der Waals surface area (Å²) in [6, 6.07) is 4.28. The first-order chi connectivity index (χ1) is 14.3. The van der Waals surface area contributed by atoms with Crippen LogP contribution in [0.1, 0.15) is 27.9 Å². The SMILES string of the molecule is O=C(O)c1cc2c(c(S(=O)(=O)Nc3cc(F)c(N4CCOCC4)cc3F)c1)CCC2. The number of carbonyl (C=O) groups is 1. The summed E-state index contributed by atoms with van der Waals surface area (Å²) in [7, 11) is -4.33. The van der Waals surface area contributed by atoms with Gasteiger partial charge in [0.25, 0.3) is 10.0 Å². The van der Waals surface area contributed by atoms with Crippen LogP contribution >= 0.6 is 0 Å². The molecule has 0 spiro atoms. The van der Waals surface area contributed by atoms with Gasteiger partial charge < -0.3 is 14.7 Å². The lowest BCUT2D eigenvalue weighted by Gasteiger charge is -2.29. The number of anilines is 2. The maximum absolute atomic E-state index is 14.7. The van der Waals surface area contributed by atoms with E-state index in [1.807, 2.05) is 0 Å². The number of carboxylic acids is 1. The van der Waals surface area contributed by atoms with Crippen LogP contribution in [0.4, 0.5) is 20.2 Å². The van der Waals surface area contributed by atoms with Gasteiger partial charge in [-0.3, -0.25) is 4.72 Å². The summed E-state index contributed by atoms with van der Waals surface area (Å²) in [5.74, 6) is -2.94. The van der Waals surface area contributed by atoms with Crippen molar-refractivity contribution in [3.63, 3.8) is 0 Å². The molecule has 4 rings (SSSR count). The van der Waals surface area contributed by atoms with Crippen molar-refractivity contribution < 1.29 is 31.8 Å². The molecule has 2 aromatic rings. The van der Waals surface area contributed by atoms with Gasteiger partial charge in [-0.25, -0.2) is 22.0 Å². The van der Waals surface area contributed by atoms with Crippen LogP contribution in [0.25, 0.3) is 0 Å². The molecule has 0 unspecified atom stereocenters. The Balaban J connectivity index is 1.69. The molecule has 1 heterocycles. The summed E-state index contributed by atoms with van der Waals surface area (Å²) in [5.41, 5.74) is 0.498. The van der Waals surface area contributed by atoms with Gasteiger partial charge in [0.15, 0.2) is 0 Å². The summed E-state index contributed by atoms with van der Waals surface area (Å²) >= 11 is 0. The van der Waals surface area contributed by atoms with Crippen molar-refractivity contribution in [2.75, 3.05) is 35.9 Å². The topological polar surface area (TPSA) is 95.9 Å². The van der Waals surface area contributed by atoms with Crippen molar-refractivity contribution in [2.24, 2.45) is 0 Å². The van der Waals surface area contributed by atoms with Crippen LogP contribution in [0, 0.1) is 11.6 Å². The van der Waals surface area contributed by atoms with E-state index in [1.54, 1.807) is 4.90 Å². The number of hydrogen-bond donors (Lipinski definition) is 2. The predicted octanol–water partition coefficient (Wildman–Crippen LogP) is 2.79. The number of halogens is 2. The second-order valence-electron chi connectivity index (χ2n) is 7.26. The number of nitrogens with one attached hydrogen (secondary N) is 1. The fourth-order valence-electron chi connectivity index (χ4n) is 3.89. The van der Waals surface area contributed by atoms with E-state index >= 15 is 0 Å². The van der Waals surface area contributed by atoms with Crippen LogP contribution in [-0.4, -0.2) is 45.8 Å². The minimum absolute atomic E-state index is 0.0347. The molecule has 160 valence electrons. The van der Waals surface area contributed by atoms with Gasteiger partial charge in [-0.15, -0.1) is 0 Å². The summed E-state index contributed by atoms with van der Waals surface area (Å²) in [4.78, 5) is 12.8. The molecule has 2 N–H and O–H groups in total. The Morgan fingerprint density at radius 1 is 1.07 bits per heavy atom. The third-order valence-electron chi connectivity index (χ3n) is 5.34. The largest absolute Gasteiger partial charge is 0.478 e. The Morgan fingerprint density at radius 2 is 1.80 bits per heavy atom. The lowest BCUT2D eigenvalue weighted by atomic mass is 10.1. The van der Waals surface area contributed by atoms with Crippen molar-refractivity contribution >= 4 is 27.4 Å². The molecule has 2 aromatic carbocycles. The summed E-state index contributed by atoms with van der Waals surface area (Å²) in [5, 5.41) is 9.29. The molecular formula is C20H20F2N2O5S. The van der Waals surface area contributed by atoms with Crippen LogP contribution in [0.5, 0.6) is 0 Å². The average molecular weight is 438 g/mol. The molecule has 0 amide bonds. The van der Waals surface area contributed by atoms with Gasteiger partial charge in [-0.1, -0.05) is 0 Å². The average Bonchev–Trinajstić information content (AvgIpc) is 3.18. The van der Waals surface area contributed by atoms with Crippen LogP contribution in [0.2, 0.25) is 0 Å². The number of hydrogen-bond acceptors (Lipinski definition) is 5. The molecule has 1 fully saturated rings. The van der Waals surface area contributed by atoms with Gasteiger partial charge in [0.05, 0.1) is 35.0 Å². The predicted molar refractivity (Wildman–Crippen MR) is 106 cm³/mol. The fraction of sp³-hybridized carbons (Fsp3) is 0.350. The molecule has 0 radical (unpaired) electrons. The van der Waals surface area contributed by atoms with Gasteiger partial charge >= 0.3 is 5.97 Å². The monoisotopic (exact) mass is 438 g/mol. The van der Waals surface area contributed by atoms with E-state index in [0.29, 0.717) is 56.7 Å². The maximum Gasteiger partial charge on any atom is 0.335 e. The lowest BCUT2D eigenvalue weighted by Crippen LogP contribution is -2.36. The molecule has 2 aliphatic rings. The van der Waals surface area contributed by atoms with Crippen molar-refractivity contribution in [2.45, 2.75) is 24.2 Å². The normalized spacial score (nSPS) is 16.4. The number of rotatable bonds is 5. The van der Waals surface area contributed by atoms with Crippen molar-refractivity contribution in [3.8, 4) is 0 Å². The van der Waals surface area contributed by atoms with Crippen molar-refractivity contribution in [1.29, 1.82) is 0 Å². The molecule has 0 saturated carbocycles. The Kier molecular flexibility index (Phi) is 5.37. The highest BCUT2D eigenvalue weighted by atomic mass is 32.2. The molecule has 1 aliphatic heterocycles. The van der Waals surface area contributed by atoms with Gasteiger partial charge in [0, 0.05) is 25.2 Å². The fourth-order valence-corrected chi connectivity index (χ4v) is 5.29. The second-order valence-corrected chi connectivity index (χ2v) is 8.91. The van der Waals surface area contributed by atoms with Crippen LogP contribution in [0.3, 0.4) is 0 Å². The molecule has 7 nitrogen and oxygen atoms in total. The molecule has 0 aromatic heterocycles. The third kappa shape index (κ3) is 3.84. The number of nitrogens with zero attached hydrogens (tertiary/aromatic N) is 1. The van der Waals surface area contributed by atoms with Crippen LogP contribution < -0.4 is 9.62 Å². The van der Waals surface area contributed by atoms with Crippen molar-refractivity contribution in [1.82, 2.24) is 0 Å². The highest BCUT2D eigenvalue weighted by molar-refractivity contribution is 7.92. The number of sulfonamides is 1. The second kappa shape index (κ2) is 7.84. The smallest absolute Gasteiger partial charge is 0.335 e. The first-order valence-electron chi connectivity index (χ1n) is 9.50. The molecule has 10 heteroatoms. The van der Waals surface area contributed by atoms with Crippen molar-refractivity contribution in [3.05, 3.63) is 52.6 Å². The number of aryl methyl sites for hydroxylation is 1. The van der Waals surface area contributed by atoms with Gasteiger partial charge in [0.2, 0.25) is 0 Å². The highest BCUT2D eigenvalue weighted by Crippen LogP contribution is 2.33. The Hall–Kier alpha value is -2.72. The number of benzene rings is 2. The number of aromatic carboxylic acids is 1. The number of carboxylic acid groups (broad SMARTS) is 1. The number of fused-ring (bicyclic) bond motifs is 1. The van der Waals surface area contributed by atoms with E-state index in [9.17, 15) is 27.1 Å². The quantitative estimate of drug-likeness (QED) is 0.745. The van der Waals surface area contributed by atoms with Gasteiger partial charge in [-0.05, 0) is 42.5 Å². The summed E-state index contributed by atoms with van der Waals surface area (Å²) in [6.07, 6.45) is 1.73. The first-order valence-corrected chi connectivity index (χ1v) is 11.0. The third-order valence-corrected chi connectivity index (χ3v) is 6.78. The van der Waals surface area contributed by atoms with Gasteiger partial charge in [0.1, 0.15) is 11.6 Å². The number of morpholine rings is 1. The minimum atomic E-state index is -4.33. The Bertz CT molecular complexity index is 1110. The molecular weight excluding hydrogens is 418 g/mol. The summed E-state index contributed by atoms with van der Waals surface area (Å²) < 4.78 is 62.5. The minimum Gasteiger partial charge on any atom is -0.478 e. The molecule has 1 aliphatic carbocycles.